The number of rotatable bonds is 5. The van der Waals surface area contributed by atoms with Crippen LogP contribution in [0.15, 0.2) is 34.9 Å². The van der Waals surface area contributed by atoms with Crippen molar-refractivity contribution in [2.24, 2.45) is 0 Å². The van der Waals surface area contributed by atoms with Gasteiger partial charge in [-0.05, 0) is 31.9 Å². The largest absolute Gasteiger partial charge is 0.489 e. The fraction of sp³-hybridized carbons (Fsp3) is 0.375. The Morgan fingerprint density at radius 3 is 3.05 bits per heavy atom. The lowest BCUT2D eigenvalue weighted by Crippen LogP contribution is -2.18. The van der Waals surface area contributed by atoms with Crippen LogP contribution in [0.5, 0.6) is 5.75 Å². The van der Waals surface area contributed by atoms with Crippen molar-refractivity contribution >= 4 is 11.6 Å². The van der Waals surface area contributed by atoms with Crippen molar-refractivity contribution in [3.63, 3.8) is 0 Å². The summed E-state index contributed by atoms with van der Waals surface area (Å²) < 4.78 is 16.3. The Morgan fingerprint density at radius 1 is 1.45 bits per heavy atom. The molecule has 2 aromatic rings. The second-order valence-electron chi connectivity index (χ2n) is 5.23. The monoisotopic (exact) mass is 302 g/mol. The minimum absolute atomic E-state index is 0.126. The van der Waals surface area contributed by atoms with E-state index in [0.29, 0.717) is 23.7 Å². The molecule has 1 aliphatic rings. The highest BCUT2D eigenvalue weighted by Crippen LogP contribution is 2.25. The van der Waals surface area contributed by atoms with Gasteiger partial charge in [0.25, 0.3) is 5.91 Å². The molecule has 116 valence electrons. The van der Waals surface area contributed by atoms with Crippen molar-refractivity contribution < 1.29 is 18.8 Å². The number of carbonyl (C=O) groups is 1. The summed E-state index contributed by atoms with van der Waals surface area (Å²) in [5.41, 5.74) is 1.26. The van der Waals surface area contributed by atoms with E-state index >= 15 is 0 Å². The topological polar surface area (TPSA) is 73.6 Å². The normalized spacial score (nSPS) is 17.4. The highest BCUT2D eigenvalue weighted by Gasteiger charge is 2.18. The van der Waals surface area contributed by atoms with E-state index in [9.17, 15) is 4.79 Å². The van der Waals surface area contributed by atoms with Crippen molar-refractivity contribution in [3.8, 4) is 5.75 Å². The van der Waals surface area contributed by atoms with Gasteiger partial charge in [-0.2, -0.15) is 0 Å². The maximum Gasteiger partial charge on any atom is 0.294 e. The van der Waals surface area contributed by atoms with Crippen molar-refractivity contribution in [1.82, 2.24) is 5.16 Å². The first-order valence-corrected chi connectivity index (χ1v) is 7.30. The second kappa shape index (κ2) is 6.62. The molecule has 1 amide bonds. The lowest BCUT2D eigenvalue weighted by molar-refractivity contribution is 0.0681. The highest BCUT2D eigenvalue weighted by molar-refractivity contribution is 6.03. The van der Waals surface area contributed by atoms with Crippen molar-refractivity contribution in [2.45, 2.75) is 25.9 Å². The summed E-state index contributed by atoms with van der Waals surface area (Å²) in [6.45, 7) is 3.03. The average molecular weight is 302 g/mol. The first-order chi connectivity index (χ1) is 10.7. The Morgan fingerprint density at radius 2 is 2.32 bits per heavy atom. The second-order valence-corrected chi connectivity index (χ2v) is 5.23. The van der Waals surface area contributed by atoms with Crippen LogP contribution in [0.4, 0.5) is 5.69 Å². The zero-order chi connectivity index (χ0) is 15.4. The number of nitrogens with zero attached hydrogens (tertiary/aromatic N) is 1. The number of ether oxygens (including phenoxy) is 2. The molecular formula is C16H18N2O4. The van der Waals surface area contributed by atoms with Crippen LogP contribution in [0.2, 0.25) is 0 Å². The Balaban J connectivity index is 1.66. The van der Waals surface area contributed by atoms with E-state index in [1.165, 1.54) is 0 Å². The average Bonchev–Trinajstić information content (AvgIpc) is 3.17. The zero-order valence-corrected chi connectivity index (χ0v) is 12.4. The van der Waals surface area contributed by atoms with Gasteiger partial charge in [-0.15, -0.1) is 0 Å². The first kappa shape index (κ1) is 14.6. The van der Waals surface area contributed by atoms with Gasteiger partial charge in [-0.25, -0.2) is 0 Å². The van der Waals surface area contributed by atoms with Crippen molar-refractivity contribution in [1.29, 1.82) is 0 Å². The minimum Gasteiger partial charge on any atom is -0.489 e. The van der Waals surface area contributed by atoms with Crippen LogP contribution < -0.4 is 10.1 Å². The van der Waals surface area contributed by atoms with E-state index in [2.05, 4.69) is 10.5 Å². The minimum atomic E-state index is -0.353. The molecule has 0 aliphatic carbocycles. The number of anilines is 1. The van der Waals surface area contributed by atoms with Crippen LogP contribution in [0.1, 0.15) is 29.1 Å². The summed E-state index contributed by atoms with van der Waals surface area (Å²) >= 11 is 0. The van der Waals surface area contributed by atoms with Crippen molar-refractivity contribution in [3.05, 3.63) is 41.8 Å². The fourth-order valence-electron chi connectivity index (χ4n) is 2.31. The van der Waals surface area contributed by atoms with Gasteiger partial charge in [0.05, 0.1) is 17.5 Å². The number of aromatic nitrogens is 1. The van der Waals surface area contributed by atoms with Gasteiger partial charge >= 0.3 is 0 Å². The molecule has 1 aliphatic heterocycles. The molecule has 1 aromatic carbocycles. The molecule has 2 heterocycles. The molecule has 1 fully saturated rings. The molecule has 22 heavy (non-hydrogen) atoms. The zero-order valence-electron chi connectivity index (χ0n) is 12.4. The smallest absolute Gasteiger partial charge is 0.294 e. The molecule has 0 spiro atoms. The summed E-state index contributed by atoms with van der Waals surface area (Å²) in [7, 11) is 0. The molecule has 6 nitrogen and oxygen atoms in total. The van der Waals surface area contributed by atoms with Crippen LogP contribution in [-0.2, 0) is 4.74 Å². The molecule has 0 bridgehead atoms. The SMILES string of the molecule is Cc1cc(C(=O)Nc2ccccc2OCC2CCCO2)on1. The van der Waals surface area contributed by atoms with Crippen LogP contribution in [-0.4, -0.2) is 30.4 Å². The molecule has 1 saturated heterocycles. The molecule has 1 unspecified atom stereocenters. The molecule has 6 heteroatoms. The van der Waals surface area contributed by atoms with E-state index in [1.807, 2.05) is 18.2 Å². The number of amides is 1. The Kier molecular flexibility index (Phi) is 4.39. The quantitative estimate of drug-likeness (QED) is 0.919. The summed E-state index contributed by atoms with van der Waals surface area (Å²) in [5, 5.41) is 6.48. The van der Waals surface area contributed by atoms with Crippen LogP contribution in [0.3, 0.4) is 0 Å². The van der Waals surface area contributed by atoms with E-state index in [1.54, 1.807) is 19.1 Å². The van der Waals surface area contributed by atoms with E-state index in [4.69, 9.17) is 14.0 Å². The maximum absolute atomic E-state index is 12.1. The lowest BCUT2D eigenvalue weighted by Gasteiger charge is -2.14. The summed E-state index contributed by atoms with van der Waals surface area (Å²) in [4.78, 5) is 12.1. The van der Waals surface area contributed by atoms with E-state index < -0.39 is 0 Å². The number of carbonyl (C=O) groups excluding carboxylic acids is 1. The van der Waals surface area contributed by atoms with Crippen molar-refractivity contribution in [2.75, 3.05) is 18.5 Å². The Bertz CT molecular complexity index is 647. The third kappa shape index (κ3) is 3.46. The fourth-order valence-corrected chi connectivity index (χ4v) is 2.31. The standard InChI is InChI=1S/C16H18N2O4/c1-11-9-15(22-18-11)16(19)17-13-6-2-3-7-14(13)21-10-12-5-4-8-20-12/h2-3,6-7,9,12H,4-5,8,10H2,1H3,(H,17,19). The van der Waals surface area contributed by atoms with Gasteiger partial charge in [0.1, 0.15) is 12.4 Å². The number of aryl methyl sites for hydroxylation is 1. The summed E-state index contributed by atoms with van der Waals surface area (Å²) in [5.74, 6) is 0.433. The molecule has 0 radical (unpaired) electrons. The Hall–Kier alpha value is -2.34. The Labute approximate surface area is 128 Å². The number of hydrogen-bond acceptors (Lipinski definition) is 5. The first-order valence-electron chi connectivity index (χ1n) is 7.30. The lowest BCUT2D eigenvalue weighted by atomic mass is 10.2. The van der Waals surface area contributed by atoms with Gasteiger partial charge < -0.3 is 19.3 Å². The molecule has 1 aromatic heterocycles. The summed E-state index contributed by atoms with van der Waals surface area (Å²) in [6, 6.07) is 8.88. The van der Waals surface area contributed by atoms with Gasteiger partial charge in [0.15, 0.2) is 0 Å². The predicted octanol–water partition coefficient (Wildman–Crippen LogP) is 2.79. The molecule has 3 rings (SSSR count). The number of hydrogen-bond donors (Lipinski definition) is 1. The van der Waals surface area contributed by atoms with Gasteiger partial charge in [-0.3, -0.25) is 4.79 Å². The van der Waals surface area contributed by atoms with Gasteiger partial charge in [-0.1, -0.05) is 17.3 Å². The van der Waals surface area contributed by atoms with Crippen LogP contribution in [0.25, 0.3) is 0 Å². The molecule has 1 N–H and O–H groups in total. The molecular weight excluding hydrogens is 284 g/mol. The number of benzene rings is 1. The molecule has 0 saturated carbocycles. The van der Waals surface area contributed by atoms with Crippen LogP contribution in [0, 0.1) is 6.92 Å². The van der Waals surface area contributed by atoms with Gasteiger partial charge in [0.2, 0.25) is 5.76 Å². The number of nitrogens with one attached hydrogen (secondary N) is 1. The number of para-hydroxylation sites is 2. The third-order valence-corrected chi connectivity index (χ3v) is 3.44. The third-order valence-electron chi connectivity index (χ3n) is 3.44. The van der Waals surface area contributed by atoms with E-state index in [-0.39, 0.29) is 17.8 Å². The summed E-state index contributed by atoms with van der Waals surface area (Å²) in [6.07, 6.45) is 2.20. The van der Waals surface area contributed by atoms with Gasteiger partial charge in [0, 0.05) is 12.7 Å². The van der Waals surface area contributed by atoms with Crippen LogP contribution >= 0.6 is 0 Å². The predicted molar refractivity (Wildman–Crippen MR) is 80.1 cm³/mol. The maximum atomic E-state index is 12.1. The van der Waals surface area contributed by atoms with E-state index in [0.717, 1.165) is 19.4 Å². The molecule has 1 atom stereocenters. The highest BCUT2D eigenvalue weighted by atomic mass is 16.5.